The molecule has 0 atom stereocenters. The van der Waals surface area contributed by atoms with E-state index in [0.29, 0.717) is 5.69 Å². The lowest BCUT2D eigenvalue weighted by Crippen LogP contribution is -2.32. The molecule has 0 saturated heterocycles. The van der Waals surface area contributed by atoms with Crippen LogP contribution in [0.1, 0.15) is 5.69 Å². The molecule has 21 heavy (non-hydrogen) atoms. The highest BCUT2D eigenvalue weighted by atomic mass is 16.4. The molecule has 0 unspecified atom stereocenters. The summed E-state index contributed by atoms with van der Waals surface area (Å²) in [6.45, 7) is -0.366. The minimum atomic E-state index is -1.04. The van der Waals surface area contributed by atoms with Crippen molar-refractivity contribution in [2.75, 3.05) is 0 Å². The van der Waals surface area contributed by atoms with Crippen molar-refractivity contribution in [1.29, 1.82) is 0 Å². The molecule has 0 bridgehead atoms. The van der Waals surface area contributed by atoms with Gasteiger partial charge in [0.25, 0.3) is 0 Å². The molecule has 2 N–H and O–H groups in total. The van der Waals surface area contributed by atoms with Crippen LogP contribution in [-0.2, 0) is 29.2 Å². The van der Waals surface area contributed by atoms with Crippen LogP contribution in [0, 0.1) is 0 Å². The van der Waals surface area contributed by atoms with Gasteiger partial charge in [-0.05, 0) is 6.07 Å². The van der Waals surface area contributed by atoms with Crippen LogP contribution in [0.25, 0.3) is 0 Å². The van der Waals surface area contributed by atoms with E-state index in [4.69, 9.17) is 5.11 Å². The summed E-state index contributed by atoms with van der Waals surface area (Å²) in [7, 11) is 0. The van der Waals surface area contributed by atoms with Crippen molar-refractivity contribution in [2.45, 2.75) is 19.6 Å². The Morgan fingerprint density at radius 2 is 2.14 bits per heavy atom. The van der Waals surface area contributed by atoms with E-state index in [-0.39, 0.29) is 19.6 Å². The summed E-state index contributed by atoms with van der Waals surface area (Å²) in [6, 6.07) is 1.55. The molecule has 10 nitrogen and oxygen atoms in total. The third kappa shape index (κ3) is 4.23. The molecule has 0 aliphatic heterocycles. The molecule has 2 heterocycles. The Bertz CT molecular complexity index is 706. The van der Waals surface area contributed by atoms with E-state index in [1.807, 2.05) is 0 Å². The minimum absolute atomic E-state index is 0.0907. The smallest absolute Gasteiger partial charge is 0.347 e. The number of carbonyl (C=O) groups is 2. The van der Waals surface area contributed by atoms with Gasteiger partial charge in [-0.15, -0.1) is 5.10 Å². The average molecular weight is 292 g/mol. The monoisotopic (exact) mass is 292 g/mol. The number of aromatic nitrogens is 5. The van der Waals surface area contributed by atoms with Crippen LogP contribution in [0.5, 0.6) is 0 Å². The highest BCUT2D eigenvalue weighted by Gasteiger charge is 2.07. The quantitative estimate of drug-likeness (QED) is 0.644. The first-order valence-electron chi connectivity index (χ1n) is 5.93. The molecule has 0 aliphatic rings. The number of carboxylic acids is 1. The third-order valence-corrected chi connectivity index (χ3v) is 2.45. The standard InChI is InChI=1S/C11H12N6O4/c18-9(6-16-3-1-2-12-11(16)21)13-4-8-5-17(15-14-8)7-10(19)20/h1-3,5H,4,6-7H2,(H,13,18)(H,19,20). The lowest BCUT2D eigenvalue weighted by atomic mass is 10.4. The van der Waals surface area contributed by atoms with E-state index in [9.17, 15) is 14.4 Å². The van der Waals surface area contributed by atoms with E-state index >= 15 is 0 Å². The van der Waals surface area contributed by atoms with Gasteiger partial charge < -0.3 is 10.4 Å². The molecular formula is C11H12N6O4. The van der Waals surface area contributed by atoms with Gasteiger partial charge in [0.2, 0.25) is 5.91 Å². The van der Waals surface area contributed by atoms with Crippen molar-refractivity contribution >= 4 is 11.9 Å². The molecule has 10 heteroatoms. The van der Waals surface area contributed by atoms with Gasteiger partial charge in [-0.2, -0.15) is 0 Å². The molecule has 0 radical (unpaired) electrons. The third-order valence-electron chi connectivity index (χ3n) is 2.45. The Hall–Kier alpha value is -3.04. The van der Waals surface area contributed by atoms with Gasteiger partial charge >= 0.3 is 11.7 Å². The molecule has 0 aromatic carbocycles. The molecular weight excluding hydrogens is 280 g/mol. The first kappa shape index (κ1) is 14.4. The molecule has 0 aliphatic carbocycles. The maximum absolute atomic E-state index is 11.7. The normalized spacial score (nSPS) is 10.3. The number of hydrogen-bond acceptors (Lipinski definition) is 6. The Balaban J connectivity index is 1.87. The van der Waals surface area contributed by atoms with Gasteiger partial charge in [-0.25, -0.2) is 14.5 Å². The Morgan fingerprint density at radius 3 is 2.86 bits per heavy atom. The highest BCUT2D eigenvalue weighted by molar-refractivity contribution is 5.75. The molecule has 110 valence electrons. The minimum Gasteiger partial charge on any atom is -0.480 e. The maximum Gasteiger partial charge on any atom is 0.347 e. The zero-order valence-corrected chi connectivity index (χ0v) is 10.8. The van der Waals surface area contributed by atoms with Crippen LogP contribution < -0.4 is 11.0 Å². The molecule has 0 fully saturated rings. The number of nitrogens with zero attached hydrogens (tertiary/aromatic N) is 5. The van der Waals surface area contributed by atoms with E-state index in [1.165, 1.54) is 18.6 Å². The van der Waals surface area contributed by atoms with Gasteiger partial charge in [-0.3, -0.25) is 14.2 Å². The topological polar surface area (TPSA) is 132 Å². The summed E-state index contributed by atoms with van der Waals surface area (Å²) in [5, 5.41) is 18.5. The first-order chi connectivity index (χ1) is 10.0. The average Bonchev–Trinajstić information content (AvgIpc) is 2.86. The summed E-state index contributed by atoms with van der Waals surface area (Å²) >= 11 is 0. The van der Waals surface area contributed by atoms with Crippen molar-refractivity contribution in [3.05, 3.63) is 40.8 Å². The van der Waals surface area contributed by atoms with Crippen molar-refractivity contribution in [2.24, 2.45) is 0 Å². The maximum atomic E-state index is 11.7. The summed E-state index contributed by atoms with van der Waals surface area (Å²) in [6.07, 6.45) is 4.22. The second-order valence-electron chi connectivity index (χ2n) is 4.11. The van der Waals surface area contributed by atoms with Crippen LogP contribution in [0.3, 0.4) is 0 Å². The molecule has 0 saturated carbocycles. The second kappa shape index (κ2) is 6.41. The molecule has 2 aromatic heterocycles. The van der Waals surface area contributed by atoms with Crippen molar-refractivity contribution in [3.63, 3.8) is 0 Å². The van der Waals surface area contributed by atoms with Crippen LogP contribution in [0.2, 0.25) is 0 Å². The number of amides is 1. The zero-order valence-electron chi connectivity index (χ0n) is 10.8. The zero-order chi connectivity index (χ0) is 15.2. The number of nitrogens with one attached hydrogen (secondary N) is 1. The Labute approximate surface area is 118 Å². The fourth-order valence-corrected chi connectivity index (χ4v) is 1.54. The first-order valence-corrected chi connectivity index (χ1v) is 5.93. The lowest BCUT2D eigenvalue weighted by molar-refractivity contribution is -0.138. The predicted octanol–water partition coefficient (Wildman–Crippen LogP) is -1.76. The number of hydrogen-bond donors (Lipinski definition) is 2. The number of carbonyl (C=O) groups excluding carboxylic acids is 1. The largest absolute Gasteiger partial charge is 0.480 e. The van der Waals surface area contributed by atoms with Gasteiger partial charge in [0.05, 0.1) is 12.7 Å². The number of carboxylic acid groups (broad SMARTS) is 1. The van der Waals surface area contributed by atoms with E-state index in [2.05, 4.69) is 20.6 Å². The predicted molar refractivity (Wildman–Crippen MR) is 68.0 cm³/mol. The molecule has 0 spiro atoms. The van der Waals surface area contributed by atoms with Gasteiger partial charge in [-0.1, -0.05) is 5.21 Å². The van der Waals surface area contributed by atoms with Gasteiger partial charge in [0, 0.05) is 12.4 Å². The number of rotatable bonds is 6. The van der Waals surface area contributed by atoms with Crippen LogP contribution in [-0.4, -0.2) is 41.5 Å². The molecule has 2 rings (SSSR count). The van der Waals surface area contributed by atoms with Gasteiger partial charge in [0.1, 0.15) is 18.8 Å². The van der Waals surface area contributed by atoms with E-state index in [1.54, 1.807) is 6.07 Å². The van der Waals surface area contributed by atoms with Crippen LogP contribution in [0.4, 0.5) is 0 Å². The van der Waals surface area contributed by atoms with Crippen LogP contribution >= 0.6 is 0 Å². The SMILES string of the molecule is O=C(O)Cn1cc(CNC(=O)Cn2cccnc2=O)nn1. The fourth-order valence-electron chi connectivity index (χ4n) is 1.54. The van der Waals surface area contributed by atoms with Gasteiger partial charge in [0.15, 0.2) is 0 Å². The number of aliphatic carboxylic acids is 1. The van der Waals surface area contributed by atoms with Crippen molar-refractivity contribution in [3.8, 4) is 0 Å². The van der Waals surface area contributed by atoms with Crippen LogP contribution in [0.15, 0.2) is 29.5 Å². The van der Waals surface area contributed by atoms with E-state index in [0.717, 1.165) is 9.25 Å². The van der Waals surface area contributed by atoms with E-state index < -0.39 is 17.6 Å². The summed E-state index contributed by atoms with van der Waals surface area (Å²) in [5.41, 5.74) is -0.0943. The summed E-state index contributed by atoms with van der Waals surface area (Å²) in [5.74, 6) is -1.43. The Kier molecular flexibility index (Phi) is 4.39. The van der Waals surface area contributed by atoms with Crippen molar-refractivity contribution < 1.29 is 14.7 Å². The fraction of sp³-hybridized carbons (Fsp3) is 0.273. The lowest BCUT2D eigenvalue weighted by Gasteiger charge is -2.04. The summed E-state index contributed by atoms with van der Waals surface area (Å²) in [4.78, 5) is 37.0. The van der Waals surface area contributed by atoms with Crippen molar-refractivity contribution in [1.82, 2.24) is 29.9 Å². The molecule has 1 amide bonds. The highest BCUT2D eigenvalue weighted by Crippen LogP contribution is 1.93. The molecule has 2 aromatic rings. The Morgan fingerprint density at radius 1 is 1.33 bits per heavy atom. The summed E-state index contributed by atoms with van der Waals surface area (Å²) < 4.78 is 2.31. The second-order valence-corrected chi connectivity index (χ2v) is 4.11.